The summed E-state index contributed by atoms with van der Waals surface area (Å²) in [6.07, 6.45) is 5.56. The minimum atomic E-state index is 0.801. The number of hydrogen-bond acceptors (Lipinski definition) is 4. The summed E-state index contributed by atoms with van der Waals surface area (Å²) < 4.78 is 2.22. The first kappa shape index (κ1) is 12.4. The molecule has 5 heteroatoms. The quantitative estimate of drug-likeness (QED) is 0.574. The van der Waals surface area contributed by atoms with Crippen molar-refractivity contribution in [2.45, 2.75) is 5.03 Å². The van der Waals surface area contributed by atoms with Crippen LogP contribution in [0.1, 0.15) is 0 Å². The maximum atomic E-state index is 5.66. The van der Waals surface area contributed by atoms with Crippen LogP contribution in [0.3, 0.4) is 0 Å². The predicted octanol–water partition coefficient (Wildman–Crippen LogP) is 3.54. The van der Waals surface area contributed by atoms with Crippen LogP contribution in [0.2, 0.25) is 0 Å². The summed E-state index contributed by atoms with van der Waals surface area (Å²) >= 11 is 1.16. The summed E-state index contributed by atoms with van der Waals surface area (Å²) in [7, 11) is 0. The minimum absolute atomic E-state index is 0.801. The third-order valence-corrected chi connectivity index (χ3v) is 4.03. The molecule has 0 fully saturated rings. The molecular weight excluding hydrogens is 280 g/mol. The zero-order valence-electron chi connectivity index (χ0n) is 11.1. The van der Waals surface area contributed by atoms with Crippen LogP contribution in [-0.4, -0.2) is 14.5 Å². The third-order valence-electron chi connectivity index (χ3n) is 3.56. The monoisotopic (exact) mass is 292 g/mol. The second-order valence-electron chi connectivity index (χ2n) is 4.72. The van der Waals surface area contributed by atoms with E-state index in [1.54, 1.807) is 0 Å². The van der Waals surface area contributed by atoms with Crippen LogP contribution in [0.15, 0.2) is 66.1 Å². The van der Waals surface area contributed by atoms with Gasteiger partial charge in [0.1, 0.15) is 5.03 Å². The fourth-order valence-electron chi connectivity index (χ4n) is 2.66. The Balaban J connectivity index is 2.19. The van der Waals surface area contributed by atoms with Gasteiger partial charge >= 0.3 is 0 Å². The zero-order chi connectivity index (χ0) is 14.2. The van der Waals surface area contributed by atoms with Gasteiger partial charge in [0.25, 0.3) is 0 Å². The Morgan fingerprint density at radius 1 is 0.952 bits per heavy atom. The molecule has 0 aliphatic heterocycles. The fraction of sp³-hybridized carbons (Fsp3) is 0. The van der Waals surface area contributed by atoms with Crippen LogP contribution in [0.25, 0.3) is 27.5 Å². The Hall–Kier alpha value is -2.37. The lowest BCUT2D eigenvalue weighted by atomic mass is 10.2. The standard InChI is InChI=1S/C16H12N4S/c17-21-16-8-15-13(10-19-16)12-9-18-7-6-14(12)20(15)11-4-2-1-3-5-11/h1-10H,17H2. The summed E-state index contributed by atoms with van der Waals surface area (Å²) in [5.41, 5.74) is 3.32. The van der Waals surface area contributed by atoms with Crippen molar-refractivity contribution in [1.29, 1.82) is 0 Å². The maximum Gasteiger partial charge on any atom is 0.113 e. The van der Waals surface area contributed by atoms with Crippen molar-refractivity contribution in [3.63, 3.8) is 0 Å². The zero-order valence-corrected chi connectivity index (χ0v) is 11.9. The van der Waals surface area contributed by atoms with Crippen molar-refractivity contribution in [3.05, 3.63) is 61.1 Å². The second-order valence-corrected chi connectivity index (χ2v) is 5.38. The van der Waals surface area contributed by atoms with Crippen LogP contribution in [0.4, 0.5) is 0 Å². The van der Waals surface area contributed by atoms with Crippen LogP contribution in [0.5, 0.6) is 0 Å². The molecule has 0 amide bonds. The Bertz CT molecular complexity index is 931. The number of nitrogens with zero attached hydrogens (tertiary/aromatic N) is 3. The van der Waals surface area contributed by atoms with Gasteiger partial charge in [-0.3, -0.25) is 10.1 Å². The van der Waals surface area contributed by atoms with Gasteiger partial charge in [-0.1, -0.05) is 18.2 Å². The molecule has 0 unspecified atom stereocenters. The van der Waals surface area contributed by atoms with E-state index in [1.807, 2.05) is 48.9 Å². The molecule has 0 spiro atoms. The molecule has 0 aliphatic carbocycles. The smallest absolute Gasteiger partial charge is 0.113 e. The number of aromatic nitrogens is 3. The van der Waals surface area contributed by atoms with Gasteiger partial charge in [0.2, 0.25) is 0 Å². The molecule has 0 bridgehead atoms. The van der Waals surface area contributed by atoms with E-state index in [9.17, 15) is 0 Å². The summed E-state index contributed by atoms with van der Waals surface area (Å²) in [6, 6.07) is 14.3. The van der Waals surface area contributed by atoms with Gasteiger partial charge in [-0.15, -0.1) is 0 Å². The van der Waals surface area contributed by atoms with Crippen molar-refractivity contribution in [2.24, 2.45) is 5.14 Å². The average Bonchev–Trinajstić information content (AvgIpc) is 2.89. The molecule has 102 valence electrons. The number of nitrogens with two attached hydrogens (primary N) is 1. The Morgan fingerprint density at radius 3 is 2.57 bits per heavy atom. The molecule has 4 nitrogen and oxygen atoms in total. The van der Waals surface area contributed by atoms with E-state index >= 15 is 0 Å². The van der Waals surface area contributed by atoms with E-state index in [0.29, 0.717) is 0 Å². The normalized spacial score (nSPS) is 11.3. The molecule has 21 heavy (non-hydrogen) atoms. The molecule has 1 aromatic carbocycles. The van der Waals surface area contributed by atoms with Crippen molar-refractivity contribution < 1.29 is 0 Å². The average molecular weight is 292 g/mol. The van der Waals surface area contributed by atoms with Gasteiger partial charge in [0.15, 0.2) is 0 Å². The molecule has 4 aromatic rings. The molecule has 0 radical (unpaired) electrons. The lowest BCUT2D eigenvalue weighted by Gasteiger charge is -2.07. The first-order chi connectivity index (χ1) is 10.4. The van der Waals surface area contributed by atoms with Gasteiger partial charge in [-0.2, -0.15) is 0 Å². The van der Waals surface area contributed by atoms with Crippen molar-refractivity contribution >= 4 is 33.8 Å². The number of pyridine rings is 2. The van der Waals surface area contributed by atoms with Crippen LogP contribution in [0, 0.1) is 0 Å². The van der Waals surface area contributed by atoms with Crippen molar-refractivity contribution in [2.75, 3.05) is 0 Å². The van der Waals surface area contributed by atoms with Gasteiger partial charge in [0.05, 0.1) is 11.0 Å². The van der Waals surface area contributed by atoms with Gasteiger partial charge in [0, 0.05) is 35.1 Å². The van der Waals surface area contributed by atoms with E-state index in [0.717, 1.165) is 44.5 Å². The third kappa shape index (κ3) is 1.90. The minimum Gasteiger partial charge on any atom is -0.309 e. The molecule has 3 heterocycles. The highest BCUT2D eigenvalue weighted by Crippen LogP contribution is 2.32. The van der Waals surface area contributed by atoms with E-state index in [-0.39, 0.29) is 0 Å². The SMILES string of the molecule is NSc1cc2c(cn1)c1cnccc1n2-c1ccccc1. The predicted molar refractivity (Wildman–Crippen MR) is 86.4 cm³/mol. The van der Waals surface area contributed by atoms with Crippen LogP contribution in [-0.2, 0) is 0 Å². The first-order valence-electron chi connectivity index (χ1n) is 6.55. The first-order valence-corrected chi connectivity index (χ1v) is 7.43. The topological polar surface area (TPSA) is 56.7 Å². The van der Waals surface area contributed by atoms with E-state index in [4.69, 9.17) is 5.14 Å². The maximum absolute atomic E-state index is 5.66. The van der Waals surface area contributed by atoms with Gasteiger partial charge in [-0.25, -0.2) is 4.98 Å². The summed E-state index contributed by atoms with van der Waals surface area (Å²) in [4.78, 5) is 8.62. The van der Waals surface area contributed by atoms with Crippen molar-refractivity contribution in [3.8, 4) is 5.69 Å². The molecule has 0 aliphatic rings. The Labute approximate surface area is 125 Å². The van der Waals surface area contributed by atoms with E-state index in [1.165, 1.54) is 0 Å². The number of benzene rings is 1. The molecule has 0 saturated carbocycles. The molecular formula is C16H12N4S. The summed E-state index contributed by atoms with van der Waals surface area (Å²) in [5.74, 6) is 0. The van der Waals surface area contributed by atoms with E-state index in [2.05, 4.69) is 26.7 Å². The fourth-order valence-corrected chi connectivity index (χ4v) is 2.95. The lowest BCUT2D eigenvalue weighted by molar-refractivity contribution is 1.12. The lowest BCUT2D eigenvalue weighted by Crippen LogP contribution is -1.94. The molecule has 4 rings (SSSR count). The number of fused-ring (bicyclic) bond motifs is 3. The van der Waals surface area contributed by atoms with Crippen LogP contribution >= 0.6 is 11.9 Å². The number of hydrogen-bond donors (Lipinski definition) is 1. The highest BCUT2D eigenvalue weighted by Gasteiger charge is 2.13. The number of para-hydroxylation sites is 1. The highest BCUT2D eigenvalue weighted by molar-refractivity contribution is 7.97. The Kier molecular flexibility index (Phi) is 2.87. The summed E-state index contributed by atoms with van der Waals surface area (Å²) in [6.45, 7) is 0. The molecule has 2 N–H and O–H groups in total. The van der Waals surface area contributed by atoms with Crippen LogP contribution < -0.4 is 5.14 Å². The largest absolute Gasteiger partial charge is 0.309 e. The molecule has 0 saturated heterocycles. The molecule has 0 atom stereocenters. The van der Waals surface area contributed by atoms with Gasteiger partial charge in [-0.05, 0) is 36.2 Å². The number of rotatable bonds is 2. The second kappa shape index (κ2) is 4.87. The summed E-state index contributed by atoms with van der Waals surface area (Å²) in [5, 5.41) is 8.64. The Morgan fingerprint density at radius 2 is 1.76 bits per heavy atom. The van der Waals surface area contributed by atoms with E-state index < -0.39 is 0 Å². The highest BCUT2D eigenvalue weighted by atomic mass is 32.2. The van der Waals surface area contributed by atoms with Crippen molar-refractivity contribution in [1.82, 2.24) is 14.5 Å². The molecule has 3 aromatic heterocycles. The van der Waals surface area contributed by atoms with Gasteiger partial charge < -0.3 is 4.57 Å².